The van der Waals surface area contributed by atoms with Crippen LogP contribution in [0.25, 0.3) is 0 Å². The van der Waals surface area contributed by atoms with Crippen molar-refractivity contribution in [2.24, 2.45) is 0 Å². The fourth-order valence-electron chi connectivity index (χ4n) is 1.59. The number of halogens is 1. The number of nitrogens with zero attached hydrogens (tertiary/aromatic N) is 1. The third kappa shape index (κ3) is 1.42. The van der Waals surface area contributed by atoms with Gasteiger partial charge >= 0.3 is 0 Å². The Morgan fingerprint density at radius 3 is 2.56 bits per heavy atom. The number of amides is 2. The van der Waals surface area contributed by atoms with Gasteiger partial charge in [-0.3, -0.25) is 19.3 Å². The summed E-state index contributed by atoms with van der Waals surface area (Å²) in [5.41, 5.74) is 0.175. The Kier molecular flexibility index (Phi) is 2.22. The molecule has 0 saturated heterocycles. The average molecular weight is 239 g/mol. The molecular weight excluding hydrogens is 230 g/mol. The van der Waals surface area contributed by atoms with Gasteiger partial charge in [0.25, 0.3) is 11.8 Å². The SMILES string of the molecule is [2H]c1cccc2c1C(=O)N([C@@H](C)C(=O)Cl)C2=O. The monoisotopic (exact) mass is 238 g/mol. The first kappa shape index (κ1) is 9.54. The van der Waals surface area contributed by atoms with E-state index in [9.17, 15) is 14.4 Å². The predicted octanol–water partition coefficient (Wildman–Crippen LogP) is 1.44. The lowest BCUT2D eigenvalue weighted by atomic mass is 10.1. The van der Waals surface area contributed by atoms with Crippen LogP contribution in [0.2, 0.25) is 0 Å². The van der Waals surface area contributed by atoms with Crippen molar-refractivity contribution in [3.8, 4) is 0 Å². The Hall–Kier alpha value is -1.68. The van der Waals surface area contributed by atoms with E-state index in [1.807, 2.05) is 0 Å². The van der Waals surface area contributed by atoms with Gasteiger partial charge in [-0.15, -0.1) is 0 Å². The molecule has 1 heterocycles. The minimum Gasteiger partial charge on any atom is -0.279 e. The summed E-state index contributed by atoms with van der Waals surface area (Å²) in [6, 6.07) is 3.34. The smallest absolute Gasteiger partial charge is 0.262 e. The quantitative estimate of drug-likeness (QED) is 0.579. The first-order chi connectivity index (χ1) is 7.95. The van der Waals surface area contributed by atoms with E-state index in [4.69, 9.17) is 13.0 Å². The van der Waals surface area contributed by atoms with Crippen LogP contribution in [0.1, 0.15) is 29.0 Å². The van der Waals surface area contributed by atoms with E-state index in [0.717, 1.165) is 4.90 Å². The summed E-state index contributed by atoms with van der Waals surface area (Å²) in [5.74, 6) is -1.22. The molecule has 0 unspecified atom stereocenters. The second-order valence-electron chi connectivity index (χ2n) is 3.42. The molecule has 0 saturated carbocycles. The molecule has 82 valence electrons. The van der Waals surface area contributed by atoms with Gasteiger partial charge in [-0.25, -0.2) is 0 Å². The van der Waals surface area contributed by atoms with Crippen molar-refractivity contribution >= 4 is 28.7 Å². The van der Waals surface area contributed by atoms with Crippen LogP contribution in [0.4, 0.5) is 0 Å². The van der Waals surface area contributed by atoms with Gasteiger partial charge in [0, 0.05) is 0 Å². The molecule has 1 atom stereocenters. The molecular formula is C11H8ClNO3. The largest absolute Gasteiger partial charge is 0.279 e. The summed E-state index contributed by atoms with van der Waals surface area (Å²) < 4.78 is 7.59. The molecule has 0 fully saturated rings. The highest BCUT2D eigenvalue weighted by Crippen LogP contribution is 2.24. The molecule has 16 heavy (non-hydrogen) atoms. The second kappa shape index (κ2) is 3.72. The molecule has 2 amide bonds. The summed E-state index contributed by atoms with van der Waals surface area (Å²) in [4.78, 5) is 35.7. The van der Waals surface area contributed by atoms with E-state index in [1.165, 1.54) is 25.1 Å². The summed E-state index contributed by atoms with van der Waals surface area (Å²) in [7, 11) is 0. The van der Waals surface area contributed by atoms with Gasteiger partial charge in [-0.1, -0.05) is 12.1 Å². The second-order valence-corrected chi connectivity index (χ2v) is 3.79. The van der Waals surface area contributed by atoms with Gasteiger partial charge in [0.15, 0.2) is 0 Å². The first-order valence-corrected chi connectivity index (χ1v) is 4.99. The van der Waals surface area contributed by atoms with Crippen LogP contribution in [-0.4, -0.2) is 28.0 Å². The van der Waals surface area contributed by atoms with E-state index < -0.39 is 23.1 Å². The summed E-state index contributed by atoms with van der Waals surface area (Å²) in [5, 5.41) is -0.786. The highest BCUT2D eigenvalue weighted by atomic mass is 35.5. The summed E-state index contributed by atoms with van der Waals surface area (Å²) in [6.07, 6.45) is 0. The standard InChI is InChI=1S/C11H8ClNO3/c1-6(9(12)14)13-10(15)7-4-2-3-5-8(7)11(13)16/h2-6H,1H3/t6-/m0/s1/i4D. The Bertz CT molecular complexity index is 544. The number of benzene rings is 1. The number of carbonyl (C=O) groups excluding carboxylic acids is 3. The van der Waals surface area contributed by atoms with Crippen LogP contribution in [0.15, 0.2) is 24.2 Å². The van der Waals surface area contributed by atoms with Gasteiger partial charge < -0.3 is 0 Å². The Labute approximate surface area is 98.2 Å². The molecule has 0 radical (unpaired) electrons. The molecule has 1 aliphatic heterocycles. The van der Waals surface area contributed by atoms with Crippen molar-refractivity contribution in [2.75, 3.05) is 0 Å². The Morgan fingerprint density at radius 1 is 1.38 bits per heavy atom. The third-order valence-corrected chi connectivity index (χ3v) is 2.77. The minimum atomic E-state index is -1.02. The first-order valence-electron chi connectivity index (χ1n) is 5.12. The van der Waals surface area contributed by atoms with Crippen molar-refractivity contribution < 1.29 is 15.8 Å². The molecule has 5 heteroatoms. The lowest BCUT2D eigenvalue weighted by molar-refractivity contribution is -0.114. The zero-order valence-corrected chi connectivity index (χ0v) is 9.12. The number of hydrogen-bond donors (Lipinski definition) is 0. The lowest BCUT2D eigenvalue weighted by Gasteiger charge is -2.18. The molecule has 2 rings (SSSR count). The highest BCUT2D eigenvalue weighted by molar-refractivity contribution is 6.65. The molecule has 1 aliphatic rings. The molecule has 0 aromatic heterocycles. The molecule has 1 aromatic carbocycles. The number of imide groups is 1. The lowest BCUT2D eigenvalue weighted by Crippen LogP contribution is -2.41. The van der Waals surface area contributed by atoms with Crippen molar-refractivity contribution in [3.05, 3.63) is 35.4 Å². The van der Waals surface area contributed by atoms with Crippen LogP contribution in [0.3, 0.4) is 0 Å². The van der Waals surface area contributed by atoms with E-state index in [0.29, 0.717) is 0 Å². The number of carbonyl (C=O) groups is 3. The maximum Gasteiger partial charge on any atom is 0.262 e. The zero-order valence-electron chi connectivity index (χ0n) is 9.36. The Morgan fingerprint density at radius 2 is 2.00 bits per heavy atom. The molecule has 1 aromatic rings. The molecule has 0 bridgehead atoms. The van der Waals surface area contributed by atoms with Gasteiger partial charge in [0.05, 0.1) is 12.5 Å². The molecule has 4 nitrogen and oxygen atoms in total. The predicted molar refractivity (Wildman–Crippen MR) is 57.3 cm³/mol. The fourth-order valence-corrected chi connectivity index (χ4v) is 1.69. The highest BCUT2D eigenvalue weighted by Gasteiger charge is 2.39. The topological polar surface area (TPSA) is 54.5 Å². The normalized spacial score (nSPS) is 17.1. The average Bonchev–Trinajstić information content (AvgIpc) is 2.52. The van der Waals surface area contributed by atoms with E-state index in [-0.39, 0.29) is 17.2 Å². The number of hydrogen-bond acceptors (Lipinski definition) is 3. The van der Waals surface area contributed by atoms with Gasteiger partial charge in [0.1, 0.15) is 6.04 Å². The van der Waals surface area contributed by atoms with Crippen molar-refractivity contribution in [3.63, 3.8) is 0 Å². The molecule has 0 N–H and O–H groups in total. The zero-order chi connectivity index (χ0) is 12.7. The number of fused-ring (bicyclic) bond motifs is 1. The Balaban J connectivity index is 2.53. The van der Waals surface area contributed by atoms with E-state index in [2.05, 4.69) is 0 Å². The summed E-state index contributed by atoms with van der Waals surface area (Å²) >= 11 is 5.29. The maximum absolute atomic E-state index is 11.9. The third-order valence-electron chi connectivity index (χ3n) is 2.45. The van der Waals surface area contributed by atoms with Crippen molar-refractivity contribution in [1.82, 2.24) is 4.90 Å². The van der Waals surface area contributed by atoms with Crippen LogP contribution in [0, 0.1) is 0 Å². The van der Waals surface area contributed by atoms with Crippen LogP contribution >= 0.6 is 11.6 Å². The van der Waals surface area contributed by atoms with Crippen LogP contribution in [0.5, 0.6) is 0 Å². The molecule has 0 spiro atoms. The van der Waals surface area contributed by atoms with Gasteiger partial charge in [0.2, 0.25) is 5.24 Å². The van der Waals surface area contributed by atoms with Crippen LogP contribution < -0.4 is 0 Å². The maximum atomic E-state index is 11.9. The number of rotatable bonds is 2. The van der Waals surface area contributed by atoms with Crippen LogP contribution in [-0.2, 0) is 4.79 Å². The van der Waals surface area contributed by atoms with Crippen molar-refractivity contribution in [2.45, 2.75) is 13.0 Å². The summed E-state index contributed by atoms with van der Waals surface area (Å²) in [6.45, 7) is 1.38. The molecule has 0 aliphatic carbocycles. The van der Waals surface area contributed by atoms with Gasteiger partial charge in [-0.2, -0.15) is 0 Å². The van der Waals surface area contributed by atoms with Crippen molar-refractivity contribution in [1.29, 1.82) is 0 Å². The fraction of sp³-hybridized carbons (Fsp3) is 0.182. The van der Waals surface area contributed by atoms with E-state index in [1.54, 1.807) is 0 Å². The van der Waals surface area contributed by atoms with E-state index >= 15 is 0 Å². The van der Waals surface area contributed by atoms with Gasteiger partial charge in [-0.05, 0) is 30.6 Å². The minimum absolute atomic E-state index is 0.0299.